The first kappa shape index (κ1) is 33.0. The molecule has 4 rings (SSSR count). The van der Waals surface area contributed by atoms with Crippen molar-refractivity contribution < 1.29 is 27.6 Å². The molecule has 0 radical (unpaired) electrons. The van der Waals surface area contributed by atoms with Crippen LogP contribution in [0, 0.1) is 13.8 Å². The van der Waals surface area contributed by atoms with Crippen molar-refractivity contribution in [2.45, 2.75) is 44.6 Å². The second-order valence-corrected chi connectivity index (χ2v) is 14.5. The van der Waals surface area contributed by atoms with Crippen molar-refractivity contribution in [3.05, 3.63) is 59.9 Å². The standard InChI is InChI=1S/C28H37N8O6PS/c1-8-28(4,26(37)38)33-43(39,17-42-7)36(21-10-9-18(2)24(16-21)44(29,40)41)27-30-14-13-25(31-27)34(5)20-11-12-22-19(3)35(6)32-23(22)15-20/h9-16H,8,17H2,1-7H3,(H,33,39)(H,37,38)(H2,29,40,41). The number of benzene rings is 2. The molecule has 4 N–H and O–H groups in total. The number of carboxylic acids is 1. The van der Waals surface area contributed by atoms with Gasteiger partial charge in [0.05, 0.1) is 16.1 Å². The van der Waals surface area contributed by atoms with Crippen LogP contribution >= 0.6 is 7.44 Å². The van der Waals surface area contributed by atoms with E-state index >= 15 is 0 Å². The summed E-state index contributed by atoms with van der Waals surface area (Å²) in [5.74, 6) is -0.920. The average Bonchev–Trinajstić information content (AvgIpc) is 3.25. The Kier molecular flexibility index (Phi) is 9.19. The Morgan fingerprint density at radius 2 is 1.86 bits per heavy atom. The van der Waals surface area contributed by atoms with E-state index < -0.39 is 35.3 Å². The Morgan fingerprint density at radius 3 is 2.48 bits per heavy atom. The molecule has 0 aliphatic carbocycles. The van der Waals surface area contributed by atoms with Crippen LogP contribution in [0.3, 0.4) is 0 Å². The van der Waals surface area contributed by atoms with E-state index in [0.29, 0.717) is 11.4 Å². The van der Waals surface area contributed by atoms with E-state index in [9.17, 15) is 22.9 Å². The zero-order valence-corrected chi connectivity index (χ0v) is 27.3. The number of aliphatic carboxylic acids is 1. The van der Waals surface area contributed by atoms with E-state index in [4.69, 9.17) is 14.9 Å². The molecule has 2 unspecified atom stereocenters. The number of carbonyl (C=O) groups is 1. The van der Waals surface area contributed by atoms with Gasteiger partial charge in [-0.05, 0) is 69.2 Å². The van der Waals surface area contributed by atoms with Gasteiger partial charge < -0.3 is 14.7 Å². The average molecular weight is 645 g/mol. The number of aryl methyl sites for hydroxylation is 3. The third-order valence-electron chi connectivity index (χ3n) is 7.61. The Hall–Kier alpha value is -3.88. The molecule has 0 aliphatic heterocycles. The lowest BCUT2D eigenvalue weighted by Gasteiger charge is -2.37. The van der Waals surface area contributed by atoms with Crippen LogP contribution in [0.4, 0.5) is 23.1 Å². The zero-order chi connectivity index (χ0) is 32.6. The van der Waals surface area contributed by atoms with Crippen LogP contribution in [-0.2, 0) is 31.2 Å². The minimum absolute atomic E-state index is 0.0688. The Morgan fingerprint density at radius 1 is 1.18 bits per heavy atom. The molecule has 2 atom stereocenters. The van der Waals surface area contributed by atoms with Crippen LogP contribution in [0.2, 0.25) is 0 Å². The SMILES string of the molecule is CCC(C)(NP(=O)(COC)N(c1ccc(C)c(S(N)(=O)=O)c1)c1nccc(N(C)c2ccc3c(C)n(C)nc3c2)n1)C(=O)O. The summed E-state index contributed by atoms with van der Waals surface area (Å²) in [5, 5.41) is 23.9. The molecule has 0 fully saturated rings. The minimum atomic E-state index is -4.18. The van der Waals surface area contributed by atoms with Crippen molar-refractivity contribution in [2.75, 3.05) is 30.1 Å². The predicted octanol–water partition coefficient (Wildman–Crippen LogP) is 4.17. The molecular formula is C28H37N8O6PS. The number of aromatic nitrogens is 4. The maximum Gasteiger partial charge on any atom is 0.324 e. The molecule has 0 spiro atoms. The number of hydrogen-bond donors (Lipinski definition) is 3. The van der Waals surface area contributed by atoms with Crippen molar-refractivity contribution >= 4 is 57.5 Å². The highest BCUT2D eigenvalue weighted by molar-refractivity contribution is 7.89. The number of rotatable bonds is 12. The number of nitrogens with zero attached hydrogens (tertiary/aromatic N) is 6. The summed E-state index contributed by atoms with van der Waals surface area (Å²) in [6.07, 6.45) is 1.07. The van der Waals surface area contributed by atoms with E-state index in [1.54, 1.807) is 36.5 Å². The fourth-order valence-corrected chi connectivity index (χ4v) is 8.08. The highest BCUT2D eigenvalue weighted by Gasteiger charge is 2.44. The molecule has 16 heteroatoms. The Balaban J connectivity index is 1.92. The summed E-state index contributed by atoms with van der Waals surface area (Å²) in [6, 6.07) is 11.8. The smallest absolute Gasteiger partial charge is 0.324 e. The second-order valence-electron chi connectivity index (χ2n) is 10.7. The number of primary sulfonamides is 1. The van der Waals surface area contributed by atoms with Crippen molar-refractivity contribution in [1.29, 1.82) is 0 Å². The molecule has 4 aromatic rings. The summed E-state index contributed by atoms with van der Waals surface area (Å²) in [4.78, 5) is 23.0. The largest absolute Gasteiger partial charge is 0.480 e. The number of sulfonamides is 1. The van der Waals surface area contributed by atoms with Gasteiger partial charge in [0.2, 0.25) is 16.0 Å². The predicted molar refractivity (Wildman–Crippen MR) is 169 cm³/mol. The lowest BCUT2D eigenvalue weighted by Crippen LogP contribution is -2.49. The second kappa shape index (κ2) is 12.3. The number of methoxy groups -OCH3 is 1. The maximum atomic E-state index is 14.9. The van der Waals surface area contributed by atoms with E-state index in [1.807, 2.05) is 32.2 Å². The Labute approximate surface area is 256 Å². The lowest BCUT2D eigenvalue weighted by atomic mass is 10.0. The van der Waals surface area contributed by atoms with Crippen LogP contribution in [0.1, 0.15) is 31.5 Å². The minimum Gasteiger partial charge on any atom is -0.480 e. The van der Waals surface area contributed by atoms with Crippen molar-refractivity contribution in [2.24, 2.45) is 12.2 Å². The van der Waals surface area contributed by atoms with Gasteiger partial charge in [0.15, 0.2) is 0 Å². The first-order chi connectivity index (χ1) is 20.5. The molecule has 0 aliphatic rings. The number of fused-ring (bicyclic) bond motifs is 1. The molecule has 0 saturated heterocycles. The van der Waals surface area contributed by atoms with Crippen LogP contribution < -0.4 is 19.8 Å². The monoisotopic (exact) mass is 644 g/mol. The van der Waals surface area contributed by atoms with Crippen LogP contribution in [-0.4, -0.2) is 65.3 Å². The fourth-order valence-electron chi connectivity index (χ4n) is 4.74. The number of nitrogens with two attached hydrogens (primary N) is 1. The van der Waals surface area contributed by atoms with Gasteiger partial charge in [-0.25, -0.2) is 28.3 Å². The maximum absolute atomic E-state index is 14.9. The Bertz CT molecular complexity index is 1880. The van der Waals surface area contributed by atoms with E-state index in [0.717, 1.165) is 22.3 Å². The van der Waals surface area contributed by atoms with Gasteiger partial charge in [0.25, 0.3) is 7.44 Å². The third-order valence-corrected chi connectivity index (χ3v) is 11.2. The number of ether oxygens (including phenoxy) is 1. The molecule has 236 valence electrons. The highest BCUT2D eigenvalue weighted by Crippen LogP contribution is 2.54. The number of nitrogens with one attached hydrogen (secondary N) is 1. The molecule has 0 bridgehead atoms. The first-order valence-electron chi connectivity index (χ1n) is 13.6. The molecule has 14 nitrogen and oxygen atoms in total. The summed E-state index contributed by atoms with van der Waals surface area (Å²) in [7, 11) is -3.31. The van der Waals surface area contributed by atoms with Crippen LogP contribution in [0.25, 0.3) is 10.9 Å². The van der Waals surface area contributed by atoms with E-state index in [-0.39, 0.29) is 23.0 Å². The number of anilines is 4. The number of hydrogen-bond acceptors (Lipinski definition) is 9. The summed E-state index contributed by atoms with van der Waals surface area (Å²) in [6.45, 7) is 6.60. The molecule has 2 aromatic carbocycles. The van der Waals surface area contributed by atoms with Crippen LogP contribution in [0.15, 0.2) is 53.6 Å². The lowest BCUT2D eigenvalue weighted by molar-refractivity contribution is -0.143. The first-order valence-corrected chi connectivity index (χ1v) is 17.0. The van der Waals surface area contributed by atoms with Gasteiger partial charge >= 0.3 is 5.97 Å². The summed E-state index contributed by atoms with van der Waals surface area (Å²) >= 11 is 0. The van der Waals surface area contributed by atoms with Crippen molar-refractivity contribution in [1.82, 2.24) is 24.8 Å². The molecular weight excluding hydrogens is 607 g/mol. The third kappa shape index (κ3) is 6.33. The highest BCUT2D eigenvalue weighted by atomic mass is 32.2. The molecule has 2 aromatic heterocycles. The molecule has 2 heterocycles. The van der Waals surface area contributed by atoms with Gasteiger partial charge in [-0.15, -0.1) is 0 Å². The van der Waals surface area contributed by atoms with E-state index in [2.05, 4.69) is 15.2 Å². The molecule has 0 amide bonds. The van der Waals surface area contributed by atoms with Crippen molar-refractivity contribution in [3.63, 3.8) is 0 Å². The molecule has 0 saturated carbocycles. The van der Waals surface area contributed by atoms with Gasteiger partial charge in [-0.2, -0.15) is 10.1 Å². The van der Waals surface area contributed by atoms with E-state index in [1.165, 1.54) is 43.1 Å². The topological polar surface area (TPSA) is 186 Å². The summed E-state index contributed by atoms with van der Waals surface area (Å²) in [5.41, 5.74) is 1.39. The quantitative estimate of drug-likeness (QED) is 0.187. The molecule has 44 heavy (non-hydrogen) atoms. The zero-order valence-electron chi connectivity index (χ0n) is 25.6. The van der Waals surface area contributed by atoms with Gasteiger partial charge in [-0.1, -0.05) is 13.0 Å². The normalized spacial score (nSPS) is 14.6. The van der Waals surface area contributed by atoms with Gasteiger partial charge in [0.1, 0.15) is 17.7 Å². The van der Waals surface area contributed by atoms with Gasteiger partial charge in [-0.3, -0.25) is 14.0 Å². The summed E-state index contributed by atoms with van der Waals surface area (Å²) < 4.78 is 48.2. The van der Waals surface area contributed by atoms with Crippen molar-refractivity contribution in [3.8, 4) is 0 Å². The van der Waals surface area contributed by atoms with Crippen LogP contribution in [0.5, 0.6) is 0 Å². The fraction of sp³-hybridized carbons (Fsp3) is 0.357. The van der Waals surface area contributed by atoms with Gasteiger partial charge in [0, 0.05) is 44.2 Å². The number of carboxylic acid groups (broad SMARTS) is 1.